The van der Waals surface area contributed by atoms with Gasteiger partial charge in [-0.2, -0.15) is 0 Å². The van der Waals surface area contributed by atoms with Crippen molar-refractivity contribution in [2.45, 2.75) is 6.17 Å². The molecule has 0 saturated heterocycles. The summed E-state index contributed by atoms with van der Waals surface area (Å²) >= 11 is 0. The number of hydrogen-bond donors (Lipinski definition) is 2. The van der Waals surface area contributed by atoms with Crippen LogP contribution in [0.5, 0.6) is 0 Å². The molecule has 0 radical (unpaired) electrons. The number of carboxylic acid groups (broad SMARTS) is 2. The molecule has 0 saturated carbocycles. The standard InChI is InChI=1S/C3H3FO4.Li.H/c4-1(2(5)6)3(7)8;;/h1H,(H,5,6)(H,7,8);;. The SMILES string of the molecule is O=C(O)C(F)C(=O)O.[LiH]. The summed E-state index contributed by atoms with van der Waals surface area (Å²) < 4.78 is 11.4. The fourth-order valence-electron chi connectivity index (χ4n) is 0.106. The first-order chi connectivity index (χ1) is 3.55. The molecule has 48 valence electrons. The average molecular weight is 130 g/mol. The van der Waals surface area contributed by atoms with Crippen molar-refractivity contribution in [3.63, 3.8) is 0 Å². The molecule has 0 aliphatic rings. The number of hydrogen-bond acceptors (Lipinski definition) is 2. The van der Waals surface area contributed by atoms with Crippen LogP contribution in [-0.4, -0.2) is 47.2 Å². The van der Waals surface area contributed by atoms with Gasteiger partial charge in [-0.25, -0.2) is 14.0 Å². The van der Waals surface area contributed by atoms with E-state index in [2.05, 4.69) is 0 Å². The summed E-state index contributed by atoms with van der Waals surface area (Å²) in [5.41, 5.74) is 0. The molecule has 4 nitrogen and oxygen atoms in total. The third-order valence-electron chi connectivity index (χ3n) is 0.434. The van der Waals surface area contributed by atoms with E-state index in [0.29, 0.717) is 0 Å². The monoisotopic (exact) mass is 130 g/mol. The summed E-state index contributed by atoms with van der Waals surface area (Å²) in [5, 5.41) is 15.2. The van der Waals surface area contributed by atoms with Gasteiger partial charge in [-0.1, -0.05) is 0 Å². The molecule has 0 aromatic rings. The molecule has 0 rings (SSSR count). The van der Waals surface area contributed by atoms with Gasteiger partial charge < -0.3 is 10.2 Å². The van der Waals surface area contributed by atoms with Crippen molar-refractivity contribution in [1.29, 1.82) is 0 Å². The Hall–Kier alpha value is -0.533. The van der Waals surface area contributed by atoms with Crippen LogP contribution in [0.15, 0.2) is 0 Å². The van der Waals surface area contributed by atoms with Gasteiger partial charge in [0.25, 0.3) is 6.17 Å². The van der Waals surface area contributed by atoms with Crippen LogP contribution in [0, 0.1) is 0 Å². The molecule has 0 aromatic carbocycles. The van der Waals surface area contributed by atoms with Gasteiger partial charge in [0.05, 0.1) is 0 Å². The Morgan fingerprint density at radius 1 is 1.22 bits per heavy atom. The topological polar surface area (TPSA) is 74.6 Å². The third kappa shape index (κ3) is 4.00. The summed E-state index contributed by atoms with van der Waals surface area (Å²) in [4.78, 5) is 18.8. The normalized spacial score (nSPS) is 8.22. The molecular weight excluding hydrogens is 126 g/mol. The Morgan fingerprint density at radius 3 is 1.44 bits per heavy atom. The number of carbonyl (C=O) groups is 2. The van der Waals surface area contributed by atoms with Crippen LogP contribution in [0.2, 0.25) is 0 Å². The van der Waals surface area contributed by atoms with E-state index in [1.807, 2.05) is 0 Å². The molecule has 0 atom stereocenters. The molecule has 2 N–H and O–H groups in total. The summed E-state index contributed by atoms with van der Waals surface area (Å²) in [5.74, 6) is -3.95. The zero-order chi connectivity index (χ0) is 6.73. The summed E-state index contributed by atoms with van der Waals surface area (Å²) in [6.45, 7) is 0. The maximum atomic E-state index is 11.4. The Morgan fingerprint density at radius 2 is 1.44 bits per heavy atom. The first-order valence-corrected chi connectivity index (χ1v) is 1.65. The molecule has 0 fully saturated rings. The fraction of sp³-hybridized carbons (Fsp3) is 0.333. The Labute approximate surface area is 61.8 Å². The van der Waals surface area contributed by atoms with E-state index >= 15 is 0 Å². The zero-order valence-corrected chi connectivity index (χ0v) is 3.67. The quantitative estimate of drug-likeness (QED) is 0.365. The van der Waals surface area contributed by atoms with Gasteiger partial charge in [0.2, 0.25) is 0 Å². The molecule has 0 amide bonds. The molecule has 0 aliphatic heterocycles. The average Bonchev–Trinajstić information content (AvgIpc) is 1.64. The van der Waals surface area contributed by atoms with Crippen LogP contribution in [0.1, 0.15) is 0 Å². The predicted molar refractivity (Wildman–Crippen MR) is 27.3 cm³/mol. The van der Waals surface area contributed by atoms with Crippen LogP contribution in [0.4, 0.5) is 4.39 Å². The van der Waals surface area contributed by atoms with Gasteiger partial charge in [-0.15, -0.1) is 0 Å². The molecule has 0 spiro atoms. The molecule has 6 heteroatoms. The number of rotatable bonds is 2. The van der Waals surface area contributed by atoms with Gasteiger partial charge in [0, 0.05) is 0 Å². The number of aliphatic carboxylic acids is 2. The van der Waals surface area contributed by atoms with Crippen molar-refractivity contribution in [3.05, 3.63) is 0 Å². The van der Waals surface area contributed by atoms with E-state index in [1.165, 1.54) is 0 Å². The van der Waals surface area contributed by atoms with Gasteiger partial charge in [-0.3, -0.25) is 0 Å². The molecular formula is C3H4FLiO4. The molecule has 9 heavy (non-hydrogen) atoms. The van der Waals surface area contributed by atoms with Crippen molar-refractivity contribution < 1.29 is 24.2 Å². The van der Waals surface area contributed by atoms with Crippen molar-refractivity contribution in [2.24, 2.45) is 0 Å². The van der Waals surface area contributed by atoms with Crippen molar-refractivity contribution >= 4 is 30.8 Å². The number of halogens is 1. The van der Waals surface area contributed by atoms with E-state index < -0.39 is 18.1 Å². The van der Waals surface area contributed by atoms with Crippen molar-refractivity contribution in [1.82, 2.24) is 0 Å². The van der Waals surface area contributed by atoms with Crippen LogP contribution < -0.4 is 0 Å². The molecule has 0 aliphatic carbocycles. The minimum absolute atomic E-state index is 0. The van der Waals surface area contributed by atoms with E-state index in [9.17, 15) is 14.0 Å². The second-order valence-corrected chi connectivity index (χ2v) is 1.04. The Balaban J connectivity index is 0. The van der Waals surface area contributed by atoms with Gasteiger partial charge in [0.15, 0.2) is 0 Å². The number of alkyl halides is 1. The van der Waals surface area contributed by atoms with E-state index in [1.54, 1.807) is 0 Å². The van der Waals surface area contributed by atoms with Crippen molar-refractivity contribution in [2.75, 3.05) is 0 Å². The van der Waals surface area contributed by atoms with Crippen LogP contribution in [0.25, 0.3) is 0 Å². The predicted octanol–water partition coefficient (Wildman–Crippen LogP) is -1.15. The maximum absolute atomic E-state index is 11.4. The second-order valence-electron chi connectivity index (χ2n) is 1.04. The summed E-state index contributed by atoms with van der Waals surface area (Å²) in [6.07, 6.45) is -2.80. The van der Waals surface area contributed by atoms with E-state index in [0.717, 1.165) is 0 Å². The van der Waals surface area contributed by atoms with Crippen LogP contribution >= 0.6 is 0 Å². The van der Waals surface area contributed by atoms with Gasteiger partial charge in [0.1, 0.15) is 0 Å². The van der Waals surface area contributed by atoms with Crippen LogP contribution in [0.3, 0.4) is 0 Å². The van der Waals surface area contributed by atoms with Crippen molar-refractivity contribution in [3.8, 4) is 0 Å². The Bertz CT molecular complexity index is 111. The fourth-order valence-corrected chi connectivity index (χ4v) is 0.106. The van der Waals surface area contributed by atoms with Gasteiger partial charge in [-0.05, 0) is 0 Å². The molecule has 0 aromatic heterocycles. The van der Waals surface area contributed by atoms with E-state index in [-0.39, 0.29) is 18.9 Å². The van der Waals surface area contributed by atoms with E-state index in [4.69, 9.17) is 10.2 Å². The first kappa shape index (κ1) is 11.3. The molecule has 0 unspecified atom stereocenters. The first-order valence-electron chi connectivity index (χ1n) is 1.65. The van der Waals surface area contributed by atoms with Gasteiger partial charge >= 0.3 is 30.8 Å². The Kier molecular flexibility index (Phi) is 5.46. The third-order valence-corrected chi connectivity index (χ3v) is 0.434. The number of carboxylic acids is 2. The summed E-state index contributed by atoms with van der Waals surface area (Å²) in [7, 11) is 0. The second kappa shape index (κ2) is 4.36. The molecule has 0 heterocycles. The molecule has 0 bridgehead atoms. The van der Waals surface area contributed by atoms with Crippen LogP contribution in [-0.2, 0) is 9.59 Å². The zero-order valence-electron chi connectivity index (χ0n) is 3.67. The summed E-state index contributed by atoms with van der Waals surface area (Å²) in [6, 6.07) is 0. The minimum atomic E-state index is -2.80.